The van der Waals surface area contributed by atoms with Gasteiger partial charge in [0.1, 0.15) is 0 Å². The third kappa shape index (κ3) is 1.96. The molecule has 0 saturated heterocycles. The van der Waals surface area contributed by atoms with Crippen LogP contribution in [0.15, 0.2) is 0 Å². The normalized spacial score (nSPS) is 49.3. The van der Waals surface area contributed by atoms with Crippen LogP contribution >= 0.6 is 7.78 Å². The molecule has 5 heteroatoms. The van der Waals surface area contributed by atoms with E-state index in [0.29, 0.717) is 17.5 Å². The maximum Gasteiger partial charge on any atom is 0.222 e. The summed E-state index contributed by atoms with van der Waals surface area (Å²) >= 11 is 0. The highest BCUT2D eigenvalue weighted by Crippen LogP contribution is 2.58. The standard InChI is InChI=1S/C10H18NO2PS/c11-15(12,13)14-10-8-2-6-1-7(4-8)5-9(10)3-6/h6-10,14H,1-5H2,(H2,11,12,13). The van der Waals surface area contributed by atoms with Crippen molar-refractivity contribution in [3.63, 3.8) is 0 Å². The smallest absolute Gasteiger partial charge is 0.222 e. The molecule has 4 aliphatic carbocycles. The minimum Gasteiger partial charge on any atom is -0.226 e. The molecule has 0 radical (unpaired) electrons. The fourth-order valence-corrected chi connectivity index (χ4v) is 7.91. The molecule has 4 bridgehead atoms. The fourth-order valence-electron chi connectivity index (χ4n) is 4.31. The van der Waals surface area contributed by atoms with E-state index in [9.17, 15) is 8.42 Å². The molecule has 0 aromatic carbocycles. The van der Waals surface area contributed by atoms with Crippen molar-refractivity contribution in [1.29, 1.82) is 0 Å². The van der Waals surface area contributed by atoms with Gasteiger partial charge in [0.2, 0.25) is 9.64 Å². The molecule has 2 N–H and O–H groups in total. The number of rotatable bonds is 2. The van der Waals surface area contributed by atoms with Crippen LogP contribution < -0.4 is 5.14 Å². The van der Waals surface area contributed by atoms with Crippen LogP contribution in [0.3, 0.4) is 0 Å². The molecule has 0 heterocycles. The van der Waals surface area contributed by atoms with Gasteiger partial charge in [-0.1, -0.05) is 0 Å². The summed E-state index contributed by atoms with van der Waals surface area (Å²) in [6.07, 6.45) is 6.53. The van der Waals surface area contributed by atoms with Crippen molar-refractivity contribution in [2.45, 2.75) is 37.8 Å². The van der Waals surface area contributed by atoms with Gasteiger partial charge in [-0.05, 0) is 61.4 Å². The zero-order valence-corrected chi connectivity index (χ0v) is 10.5. The van der Waals surface area contributed by atoms with Gasteiger partial charge in [0.05, 0.1) is 0 Å². The molecule has 0 amide bonds. The van der Waals surface area contributed by atoms with E-state index in [1.54, 1.807) is 0 Å². The van der Waals surface area contributed by atoms with E-state index in [4.69, 9.17) is 5.14 Å². The topological polar surface area (TPSA) is 60.2 Å². The maximum absolute atomic E-state index is 11.2. The first-order chi connectivity index (χ1) is 7.01. The van der Waals surface area contributed by atoms with Crippen LogP contribution in [0.25, 0.3) is 0 Å². The van der Waals surface area contributed by atoms with Gasteiger partial charge in [0, 0.05) is 7.78 Å². The number of hydrogen-bond donors (Lipinski definition) is 1. The first-order valence-corrected chi connectivity index (χ1v) is 9.16. The number of hydrogen-bond acceptors (Lipinski definition) is 2. The molecule has 0 aromatic rings. The van der Waals surface area contributed by atoms with Crippen molar-refractivity contribution >= 4 is 17.4 Å². The average Bonchev–Trinajstić information content (AvgIpc) is 2.08. The molecule has 1 unspecified atom stereocenters. The van der Waals surface area contributed by atoms with Crippen LogP contribution in [0.1, 0.15) is 32.1 Å². The highest BCUT2D eigenvalue weighted by molar-refractivity contribution is 8.42. The summed E-state index contributed by atoms with van der Waals surface area (Å²) in [4.78, 5) is 0. The second-order valence-electron chi connectivity index (χ2n) is 5.62. The predicted octanol–water partition coefficient (Wildman–Crippen LogP) is 1.69. The fraction of sp³-hybridized carbons (Fsp3) is 1.00. The zero-order valence-electron chi connectivity index (χ0n) is 8.72. The lowest BCUT2D eigenvalue weighted by molar-refractivity contribution is 0.0261. The summed E-state index contributed by atoms with van der Waals surface area (Å²) in [6.45, 7) is 0. The highest BCUT2D eigenvalue weighted by Gasteiger charge is 2.48. The van der Waals surface area contributed by atoms with Gasteiger partial charge in [0.15, 0.2) is 0 Å². The Labute approximate surface area is 92.8 Å². The summed E-state index contributed by atoms with van der Waals surface area (Å²) in [5.41, 5.74) is 0.410. The third-order valence-electron chi connectivity index (χ3n) is 4.53. The molecule has 0 spiro atoms. The first-order valence-electron chi connectivity index (χ1n) is 5.81. The summed E-state index contributed by atoms with van der Waals surface area (Å²) < 4.78 is 22.4. The number of nitrogens with two attached hydrogens (primary N) is 1. The average molecular weight is 247 g/mol. The second kappa shape index (κ2) is 3.41. The van der Waals surface area contributed by atoms with Gasteiger partial charge in [-0.25, -0.2) is 13.6 Å². The Bertz CT molecular complexity index is 340. The first kappa shape index (κ1) is 10.5. The van der Waals surface area contributed by atoms with Gasteiger partial charge in [-0.15, -0.1) is 0 Å². The lowest BCUT2D eigenvalue weighted by Crippen LogP contribution is -2.46. The maximum atomic E-state index is 11.2. The monoisotopic (exact) mass is 247 g/mol. The summed E-state index contributed by atoms with van der Waals surface area (Å²) in [5, 5.41) is 5.20. The largest absolute Gasteiger partial charge is 0.226 e. The van der Waals surface area contributed by atoms with Crippen molar-refractivity contribution in [2.75, 3.05) is 0 Å². The predicted molar refractivity (Wildman–Crippen MR) is 62.3 cm³/mol. The Hall–Kier alpha value is 0.340. The van der Waals surface area contributed by atoms with E-state index < -0.39 is 9.64 Å². The lowest BCUT2D eigenvalue weighted by atomic mass is 9.56. The molecule has 4 saturated carbocycles. The van der Waals surface area contributed by atoms with Gasteiger partial charge in [-0.3, -0.25) is 0 Å². The van der Waals surface area contributed by atoms with Crippen LogP contribution in [-0.2, 0) is 9.64 Å². The Balaban J connectivity index is 1.80. The van der Waals surface area contributed by atoms with E-state index in [0.717, 1.165) is 11.8 Å². The van der Waals surface area contributed by atoms with Crippen LogP contribution in [0.5, 0.6) is 0 Å². The van der Waals surface area contributed by atoms with Gasteiger partial charge in [-0.2, -0.15) is 0 Å². The lowest BCUT2D eigenvalue weighted by Gasteiger charge is -2.54. The molecule has 0 aliphatic heterocycles. The molecule has 15 heavy (non-hydrogen) atoms. The molecular formula is C10H18NO2PS. The summed E-state index contributed by atoms with van der Waals surface area (Å²) in [6, 6.07) is 0. The molecule has 0 aromatic heterocycles. The van der Waals surface area contributed by atoms with E-state index in [-0.39, 0.29) is 7.78 Å². The summed E-state index contributed by atoms with van der Waals surface area (Å²) in [7, 11) is -3.27. The van der Waals surface area contributed by atoms with Crippen molar-refractivity contribution < 1.29 is 8.42 Å². The van der Waals surface area contributed by atoms with Crippen molar-refractivity contribution in [2.24, 2.45) is 28.8 Å². The van der Waals surface area contributed by atoms with E-state index in [1.807, 2.05) is 0 Å². The highest BCUT2D eigenvalue weighted by atomic mass is 32.8. The van der Waals surface area contributed by atoms with Crippen LogP contribution in [0.2, 0.25) is 0 Å². The third-order valence-corrected chi connectivity index (χ3v) is 7.87. The Morgan fingerprint density at radius 1 is 0.933 bits per heavy atom. The van der Waals surface area contributed by atoms with Crippen LogP contribution in [0.4, 0.5) is 0 Å². The SMILES string of the molecule is NS(=O)(=O)PC1C2CC3CC(C2)CC1C3. The molecule has 3 nitrogen and oxygen atoms in total. The molecule has 4 aliphatic rings. The molecule has 4 rings (SSSR count). The van der Waals surface area contributed by atoms with Crippen LogP contribution in [-0.4, -0.2) is 14.1 Å². The molecule has 86 valence electrons. The minimum absolute atomic E-state index is 0.0303. The van der Waals surface area contributed by atoms with Gasteiger partial charge >= 0.3 is 0 Å². The quantitative estimate of drug-likeness (QED) is 0.755. The molecule has 4 fully saturated rings. The second-order valence-corrected chi connectivity index (χ2v) is 10.0. The Morgan fingerprint density at radius 2 is 1.40 bits per heavy atom. The van der Waals surface area contributed by atoms with Crippen molar-refractivity contribution in [3.8, 4) is 0 Å². The summed E-state index contributed by atoms with van der Waals surface area (Å²) in [5.74, 6) is 3.18. The Morgan fingerprint density at radius 3 is 1.80 bits per heavy atom. The zero-order chi connectivity index (χ0) is 10.6. The van der Waals surface area contributed by atoms with Gasteiger partial charge in [0.25, 0.3) is 0 Å². The van der Waals surface area contributed by atoms with Crippen molar-refractivity contribution in [1.82, 2.24) is 0 Å². The van der Waals surface area contributed by atoms with Crippen LogP contribution in [0, 0.1) is 23.7 Å². The van der Waals surface area contributed by atoms with E-state index in [1.165, 1.54) is 32.1 Å². The van der Waals surface area contributed by atoms with Crippen molar-refractivity contribution in [3.05, 3.63) is 0 Å². The minimum atomic E-state index is -3.24. The Kier molecular flexibility index (Phi) is 2.39. The van der Waals surface area contributed by atoms with E-state index >= 15 is 0 Å². The van der Waals surface area contributed by atoms with E-state index in [2.05, 4.69) is 0 Å². The van der Waals surface area contributed by atoms with Gasteiger partial charge < -0.3 is 0 Å². The molecule has 1 atom stereocenters. The molecular weight excluding hydrogens is 229 g/mol.